The predicted octanol–water partition coefficient (Wildman–Crippen LogP) is 3.54. The molecule has 1 aliphatic rings. The Hall–Kier alpha value is -2.04. The van der Waals surface area contributed by atoms with Gasteiger partial charge < -0.3 is 9.88 Å². The van der Waals surface area contributed by atoms with Crippen molar-refractivity contribution in [1.29, 1.82) is 0 Å². The van der Waals surface area contributed by atoms with Gasteiger partial charge >= 0.3 is 0 Å². The second-order valence-corrected chi connectivity index (χ2v) is 6.36. The Bertz CT molecular complexity index is 788. The molecule has 0 aliphatic carbocycles. The zero-order chi connectivity index (χ0) is 15.6. The molecule has 2 aromatic heterocycles. The van der Waals surface area contributed by atoms with Gasteiger partial charge in [0.1, 0.15) is 5.15 Å². The molecule has 1 aromatic carbocycles. The Morgan fingerprint density at radius 3 is 2.70 bits per heavy atom. The highest BCUT2D eigenvalue weighted by atomic mass is 35.5. The van der Waals surface area contributed by atoms with Crippen molar-refractivity contribution >= 4 is 28.2 Å². The number of rotatable bonds is 3. The maximum Gasteiger partial charge on any atom is 0.129 e. The SMILES string of the molecule is Clc1ccc(CN2CCN(c3cccc4[nH]ccc34)CC2)cn1. The zero-order valence-electron chi connectivity index (χ0n) is 12.9. The first-order valence-electron chi connectivity index (χ1n) is 7.93. The molecule has 0 spiro atoms. The number of H-pyrrole nitrogens is 1. The number of hydrogen-bond acceptors (Lipinski definition) is 3. The molecule has 0 saturated carbocycles. The number of pyridine rings is 1. The zero-order valence-corrected chi connectivity index (χ0v) is 13.6. The normalized spacial score (nSPS) is 16.1. The molecule has 118 valence electrons. The van der Waals surface area contributed by atoms with Crippen LogP contribution in [-0.2, 0) is 6.54 Å². The Labute approximate surface area is 140 Å². The molecule has 1 saturated heterocycles. The second-order valence-electron chi connectivity index (χ2n) is 5.97. The Morgan fingerprint density at radius 2 is 1.91 bits per heavy atom. The Morgan fingerprint density at radius 1 is 1.04 bits per heavy atom. The van der Waals surface area contributed by atoms with Crippen molar-refractivity contribution in [2.45, 2.75) is 6.54 Å². The minimum absolute atomic E-state index is 0.554. The number of fused-ring (bicyclic) bond motifs is 1. The molecule has 5 heteroatoms. The van der Waals surface area contributed by atoms with E-state index in [4.69, 9.17) is 11.6 Å². The first-order valence-corrected chi connectivity index (χ1v) is 8.31. The number of hydrogen-bond donors (Lipinski definition) is 1. The number of nitrogens with one attached hydrogen (secondary N) is 1. The van der Waals surface area contributed by atoms with Crippen LogP contribution in [0.3, 0.4) is 0 Å². The molecule has 1 fully saturated rings. The van der Waals surface area contributed by atoms with Crippen molar-refractivity contribution < 1.29 is 0 Å². The average molecular weight is 327 g/mol. The molecular formula is C18H19ClN4. The van der Waals surface area contributed by atoms with Gasteiger partial charge in [-0.2, -0.15) is 0 Å². The van der Waals surface area contributed by atoms with E-state index in [0.29, 0.717) is 5.15 Å². The summed E-state index contributed by atoms with van der Waals surface area (Å²) in [5, 5.41) is 1.86. The van der Waals surface area contributed by atoms with Gasteiger partial charge in [0.25, 0.3) is 0 Å². The summed E-state index contributed by atoms with van der Waals surface area (Å²) in [6, 6.07) is 12.6. The number of piperazine rings is 1. The topological polar surface area (TPSA) is 35.2 Å². The van der Waals surface area contributed by atoms with Crippen LogP contribution >= 0.6 is 11.6 Å². The van der Waals surface area contributed by atoms with Gasteiger partial charge in [0.15, 0.2) is 0 Å². The van der Waals surface area contributed by atoms with Crippen LogP contribution in [0.2, 0.25) is 5.15 Å². The van der Waals surface area contributed by atoms with Crippen LogP contribution in [0.1, 0.15) is 5.56 Å². The molecule has 4 nitrogen and oxygen atoms in total. The third kappa shape index (κ3) is 3.05. The van der Waals surface area contributed by atoms with Crippen LogP contribution in [0, 0.1) is 0 Å². The number of halogens is 1. The summed E-state index contributed by atoms with van der Waals surface area (Å²) in [6.07, 6.45) is 3.88. The number of benzene rings is 1. The van der Waals surface area contributed by atoms with E-state index in [1.54, 1.807) is 0 Å². The van der Waals surface area contributed by atoms with Crippen molar-refractivity contribution in [3.05, 3.63) is 59.5 Å². The van der Waals surface area contributed by atoms with Crippen LogP contribution in [0.5, 0.6) is 0 Å². The van der Waals surface area contributed by atoms with E-state index >= 15 is 0 Å². The number of aromatic nitrogens is 2. The summed E-state index contributed by atoms with van der Waals surface area (Å²) in [5.41, 5.74) is 3.75. The fourth-order valence-corrected chi connectivity index (χ4v) is 3.36. The standard InChI is InChI=1S/C18H19ClN4/c19-18-5-4-14(12-21-18)13-22-8-10-23(11-9-22)17-3-1-2-16-15(17)6-7-20-16/h1-7,12,20H,8-11,13H2. The molecule has 0 unspecified atom stereocenters. The lowest BCUT2D eigenvalue weighted by Crippen LogP contribution is -2.46. The van der Waals surface area contributed by atoms with Gasteiger partial charge in [0, 0.05) is 61.7 Å². The Kier molecular flexibility index (Phi) is 3.93. The monoisotopic (exact) mass is 326 g/mol. The predicted molar refractivity (Wildman–Crippen MR) is 95.0 cm³/mol. The largest absolute Gasteiger partial charge is 0.368 e. The minimum Gasteiger partial charge on any atom is -0.368 e. The molecule has 1 N–H and O–H groups in total. The van der Waals surface area contributed by atoms with E-state index in [9.17, 15) is 0 Å². The van der Waals surface area contributed by atoms with Crippen molar-refractivity contribution in [3.63, 3.8) is 0 Å². The molecule has 3 heterocycles. The first kappa shape index (κ1) is 14.5. The van der Waals surface area contributed by atoms with E-state index in [1.807, 2.05) is 18.5 Å². The van der Waals surface area contributed by atoms with E-state index in [-0.39, 0.29) is 0 Å². The Balaban J connectivity index is 1.43. The molecule has 3 aromatic rings. The molecule has 23 heavy (non-hydrogen) atoms. The summed E-state index contributed by atoms with van der Waals surface area (Å²) in [4.78, 5) is 12.4. The fourth-order valence-electron chi connectivity index (χ4n) is 3.25. The van der Waals surface area contributed by atoms with Gasteiger partial charge in [-0.05, 0) is 29.8 Å². The van der Waals surface area contributed by atoms with E-state index in [1.165, 1.54) is 22.2 Å². The molecule has 4 rings (SSSR count). The molecule has 0 amide bonds. The van der Waals surface area contributed by atoms with Crippen LogP contribution in [-0.4, -0.2) is 41.0 Å². The highest BCUT2D eigenvalue weighted by Gasteiger charge is 2.19. The van der Waals surface area contributed by atoms with Crippen molar-refractivity contribution in [1.82, 2.24) is 14.9 Å². The van der Waals surface area contributed by atoms with Gasteiger partial charge in [-0.3, -0.25) is 4.90 Å². The molecule has 0 atom stereocenters. The summed E-state index contributed by atoms with van der Waals surface area (Å²) in [7, 11) is 0. The number of nitrogens with zero attached hydrogens (tertiary/aromatic N) is 3. The maximum absolute atomic E-state index is 5.85. The lowest BCUT2D eigenvalue weighted by Gasteiger charge is -2.36. The molecule has 0 bridgehead atoms. The molecular weight excluding hydrogens is 308 g/mol. The third-order valence-corrected chi connectivity index (χ3v) is 4.70. The van der Waals surface area contributed by atoms with Crippen LogP contribution in [0.15, 0.2) is 48.8 Å². The maximum atomic E-state index is 5.85. The van der Waals surface area contributed by atoms with Gasteiger partial charge in [0.05, 0.1) is 0 Å². The van der Waals surface area contributed by atoms with E-state index < -0.39 is 0 Å². The first-order chi connectivity index (χ1) is 11.3. The summed E-state index contributed by atoms with van der Waals surface area (Å²) in [5.74, 6) is 0. The van der Waals surface area contributed by atoms with Gasteiger partial charge in [-0.1, -0.05) is 23.7 Å². The summed E-state index contributed by atoms with van der Waals surface area (Å²) >= 11 is 5.85. The minimum atomic E-state index is 0.554. The average Bonchev–Trinajstić information content (AvgIpc) is 3.06. The van der Waals surface area contributed by atoms with Gasteiger partial charge in [-0.15, -0.1) is 0 Å². The van der Waals surface area contributed by atoms with Crippen molar-refractivity contribution in [3.8, 4) is 0 Å². The number of anilines is 1. The lowest BCUT2D eigenvalue weighted by molar-refractivity contribution is 0.250. The van der Waals surface area contributed by atoms with Crippen LogP contribution in [0.4, 0.5) is 5.69 Å². The second kappa shape index (κ2) is 6.22. The van der Waals surface area contributed by atoms with Crippen LogP contribution in [0.25, 0.3) is 10.9 Å². The molecule has 1 aliphatic heterocycles. The third-order valence-electron chi connectivity index (χ3n) is 4.48. The quantitative estimate of drug-likeness (QED) is 0.748. The van der Waals surface area contributed by atoms with Gasteiger partial charge in [0.2, 0.25) is 0 Å². The molecule has 0 radical (unpaired) electrons. The van der Waals surface area contributed by atoms with E-state index in [2.05, 4.69) is 50.1 Å². The highest BCUT2D eigenvalue weighted by molar-refractivity contribution is 6.29. The lowest BCUT2D eigenvalue weighted by atomic mass is 10.1. The van der Waals surface area contributed by atoms with Crippen molar-refractivity contribution in [2.75, 3.05) is 31.1 Å². The smallest absolute Gasteiger partial charge is 0.129 e. The van der Waals surface area contributed by atoms with Gasteiger partial charge in [-0.25, -0.2) is 4.98 Å². The fraction of sp³-hybridized carbons (Fsp3) is 0.278. The summed E-state index contributed by atoms with van der Waals surface area (Å²) in [6.45, 7) is 5.15. The number of aromatic amines is 1. The van der Waals surface area contributed by atoms with Crippen molar-refractivity contribution in [2.24, 2.45) is 0 Å². The van der Waals surface area contributed by atoms with Crippen LogP contribution < -0.4 is 4.90 Å². The summed E-state index contributed by atoms with van der Waals surface area (Å²) < 4.78 is 0. The highest BCUT2D eigenvalue weighted by Crippen LogP contribution is 2.27. The van der Waals surface area contributed by atoms with E-state index in [0.717, 1.165) is 32.7 Å².